The first-order valence-electron chi connectivity index (χ1n) is 12.9. The molecular formula is C31H30ClNO4. The van der Waals surface area contributed by atoms with Gasteiger partial charge in [0.05, 0.1) is 23.6 Å². The van der Waals surface area contributed by atoms with Gasteiger partial charge in [0.1, 0.15) is 11.3 Å². The first kappa shape index (κ1) is 25.1. The third-order valence-electron chi connectivity index (χ3n) is 6.92. The number of halogens is 1. The van der Waals surface area contributed by atoms with E-state index in [1.807, 2.05) is 48.5 Å². The Morgan fingerprint density at radius 2 is 1.68 bits per heavy atom. The molecular weight excluding hydrogens is 486 g/mol. The van der Waals surface area contributed by atoms with Crippen LogP contribution in [-0.2, 0) is 6.42 Å². The number of nitrogens with zero attached hydrogens (tertiary/aromatic N) is 1. The molecule has 1 aliphatic rings. The van der Waals surface area contributed by atoms with Crippen LogP contribution in [0, 0.1) is 0 Å². The molecule has 1 unspecified atom stereocenters. The quantitative estimate of drug-likeness (QED) is 0.214. The predicted octanol–water partition coefficient (Wildman–Crippen LogP) is 7.72. The summed E-state index contributed by atoms with van der Waals surface area (Å²) in [5.74, 6) is 0.496. The normalized spacial score (nSPS) is 14.8. The van der Waals surface area contributed by atoms with Crippen LogP contribution in [0.25, 0.3) is 11.0 Å². The number of amides is 1. The number of aryl methyl sites for hydroxylation is 1. The second kappa shape index (κ2) is 10.8. The van der Waals surface area contributed by atoms with E-state index in [9.17, 15) is 9.59 Å². The Labute approximate surface area is 221 Å². The van der Waals surface area contributed by atoms with Crippen molar-refractivity contribution in [3.8, 4) is 5.75 Å². The number of hydrogen-bond acceptors (Lipinski definition) is 4. The largest absolute Gasteiger partial charge is 0.494 e. The molecule has 1 atom stereocenters. The van der Waals surface area contributed by atoms with Crippen molar-refractivity contribution < 1.29 is 13.9 Å². The van der Waals surface area contributed by atoms with E-state index in [4.69, 9.17) is 20.8 Å². The fourth-order valence-electron chi connectivity index (χ4n) is 4.88. The monoisotopic (exact) mass is 515 g/mol. The van der Waals surface area contributed by atoms with E-state index < -0.39 is 6.04 Å². The third kappa shape index (κ3) is 4.88. The number of ether oxygens (including phenoxy) is 1. The SMILES string of the molecule is CCCCCCOc1ccc(C2c3c(oc4ccc(Cl)cc4c3=O)C(=O)N2c2ccc(CC)cc2)cc1. The Morgan fingerprint density at radius 1 is 0.919 bits per heavy atom. The molecule has 0 saturated carbocycles. The molecule has 6 heteroatoms. The Hall–Kier alpha value is -3.57. The molecule has 2 heterocycles. The summed E-state index contributed by atoms with van der Waals surface area (Å²) in [6.07, 6.45) is 5.44. The minimum absolute atomic E-state index is 0.0700. The van der Waals surface area contributed by atoms with Crippen LogP contribution < -0.4 is 15.1 Å². The van der Waals surface area contributed by atoms with Crippen molar-refractivity contribution in [1.82, 2.24) is 0 Å². The van der Waals surface area contributed by atoms with Crippen LogP contribution in [0.2, 0.25) is 5.02 Å². The molecule has 190 valence electrons. The number of benzene rings is 3. The lowest BCUT2D eigenvalue weighted by molar-refractivity contribution is 0.0971. The van der Waals surface area contributed by atoms with Crippen LogP contribution in [0.5, 0.6) is 5.75 Å². The second-order valence-electron chi connectivity index (χ2n) is 9.39. The van der Waals surface area contributed by atoms with Gasteiger partial charge in [0.25, 0.3) is 5.91 Å². The fourth-order valence-corrected chi connectivity index (χ4v) is 5.06. The molecule has 1 aliphatic heterocycles. The van der Waals surface area contributed by atoms with Gasteiger partial charge in [-0.3, -0.25) is 14.5 Å². The van der Waals surface area contributed by atoms with Crippen LogP contribution in [0.1, 0.15) is 72.8 Å². The van der Waals surface area contributed by atoms with Crippen LogP contribution in [0.4, 0.5) is 5.69 Å². The van der Waals surface area contributed by atoms with Gasteiger partial charge < -0.3 is 9.15 Å². The summed E-state index contributed by atoms with van der Waals surface area (Å²) >= 11 is 6.19. The van der Waals surface area contributed by atoms with Gasteiger partial charge in [0.2, 0.25) is 5.76 Å². The lowest BCUT2D eigenvalue weighted by Gasteiger charge is -2.25. The van der Waals surface area contributed by atoms with Crippen LogP contribution in [-0.4, -0.2) is 12.5 Å². The summed E-state index contributed by atoms with van der Waals surface area (Å²) < 4.78 is 12.0. The maximum absolute atomic E-state index is 13.8. The Balaban J connectivity index is 1.57. The van der Waals surface area contributed by atoms with E-state index >= 15 is 0 Å². The molecule has 0 aliphatic carbocycles. The zero-order valence-corrected chi connectivity index (χ0v) is 21.9. The standard InChI is InChI=1S/C31H30ClNO4/c1-3-5-6-7-18-36-24-15-10-21(11-16-24)28-27-29(34)25-19-22(32)12-17-26(25)37-30(27)31(35)33(28)23-13-8-20(4-2)9-14-23/h8-17,19,28H,3-7,18H2,1-2H3. The van der Waals surface area contributed by atoms with E-state index in [-0.39, 0.29) is 17.1 Å². The lowest BCUT2D eigenvalue weighted by atomic mass is 9.98. The van der Waals surface area contributed by atoms with Crippen molar-refractivity contribution in [2.45, 2.75) is 52.0 Å². The molecule has 1 aromatic heterocycles. The first-order chi connectivity index (χ1) is 18.0. The summed E-state index contributed by atoms with van der Waals surface area (Å²) in [5.41, 5.74) is 3.10. The third-order valence-corrected chi connectivity index (χ3v) is 7.15. The van der Waals surface area contributed by atoms with Gasteiger partial charge in [-0.1, -0.05) is 69.0 Å². The fraction of sp³-hybridized carbons (Fsp3) is 0.290. The maximum Gasteiger partial charge on any atom is 0.295 e. The Kier molecular flexibility index (Phi) is 7.33. The summed E-state index contributed by atoms with van der Waals surface area (Å²) in [5, 5.41) is 0.798. The molecule has 4 aromatic rings. The number of rotatable bonds is 9. The van der Waals surface area contributed by atoms with Crippen molar-refractivity contribution in [2.24, 2.45) is 0 Å². The first-order valence-corrected chi connectivity index (χ1v) is 13.3. The number of carbonyl (C=O) groups excluding carboxylic acids is 1. The lowest BCUT2D eigenvalue weighted by Crippen LogP contribution is -2.29. The van der Waals surface area contributed by atoms with Crippen molar-refractivity contribution in [3.63, 3.8) is 0 Å². The Morgan fingerprint density at radius 3 is 2.38 bits per heavy atom. The second-order valence-corrected chi connectivity index (χ2v) is 9.83. The minimum atomic E-state index is -0.631. The molecule has 37 heavy (non-hydrogen) atoms. The number of fused-ring (bicyclic) bond motifs is 2. The Bertz CT molecular complexity index is 1470. The zero-order valence-electron chi connectivity index (χ0n) is 21.1. The maximum atomic E-state index is 13.8. The molecule has 0 bridgehead atoms. The molecule has 0 radical (unpaired) electrons. The topological polar surface area (TPSA) is 59.8 Å². The van der Waals surface area contributed by atoms with Gasteiger partial charge >= 0.3 is 0 Å². The van der Waals surface area contributed by atoms with Gasteiger partial charge in [0, 0.05) is 10.7 Å². The smallest absolute Gasteiger partial charge is 0.295 e. The molecule has 3 aromatic carbocycles. The summed E-state index contributed by atoms with van der Waals surface area (Å²) in [6, 6.07) is 19.7. The summed E-state index contributed by atoms with van der Waals surface area (Å²) in [7, 11) is 0. The predicted molar refractivity (Wildman–Crippen MR) is 148 cm³/mol. The number of unbranched alkanes of at least 4 members (excludes halogenated alkanes) is 3. The van der Waals surface area contributed by atoms with E-state index in [0.29, 0.717) is 33.8 Å². The van der Waals surface area contributed by atoms with Crippen LogP contribution >= 0.6 is 11.6 Å². The zero-order chi connectivity index (χ0) is 25.9. The summed E-state index contributed by atoms with van der Waals surface area (Å²) in [6.45, 7) is 4.93. The van der Waals surface area contributed by atoms with E-state index in [1.165, 1.54) is 18.4 Å². The van der Waals surface area contributed by atoms with Gasteiger partial charge in [0.15, 0.2) is 5.43 Å². The van der Waals surface area contributed by atoms with Gasteiger partial charge in [-0.25, -0.2) is 0 Å². The highest BCUT2D eigenvalue weighted by atomic mass is 35.5. The van der Waals surface area contributed by atoms with E-state index in [0.717, 1.165) is 30.6 Å². The van der Waals surface area contributed by atoms with Crippen molar-refractivity contribution in [2.75, 3.05) is 11.5 Å². The average Bonchev–Trinajstić information content (AvgIpc) is 3.21. The molecule has 0 spiro atoms. The van der Waals surface area contributed by atoms with Crippen molar-refractivity contribution in [1.29, 1.82) is 0 Å². The van der Waals surface area contributed by atoms with Crippen molar-refractivity contribution in [3.05, 3.63) is 104 Å². The van der Waals surface area contributed by atoms with Crippen molar-refractivity contribution >= 4 is 34.2 Å². The molecule has 5 nitrogen and oxygen atoms in total. The van der Waals surface area contributed by atoms with Crippen LogP contribution in [0.3, 0.4) is 0 Å². The molecule has 1 amide bonds. The van der Waals surface area contributed by atoms with Gasteiger partial charge in [-0.2, -0.15) is 0 Å². The highest BCUT2D eigenvalue weighted by Crippen LogP contribution is 2.41. The van der Waals surface area contributed by atoms with E-state index in [1.54, 1.807) is 23.1 Å². The highest BCUT2D eigenvalue weighted by molar-refractivity contribution is 6.31. The van der Waals surface area contributed by atoms with Gasteiger partial charge in [-0.05, 0) is 66.4 Å². The number of carbonyl (C=O) groups is 1. The van der Waals surface area contributed by atoms with Crippen LogP contribution in [0.15, 0.2) is 75.9 Å². The van der Waals surface area contributed by atoms with Gasteiger partial charge in [-0.15, -0.1) is 0 Å². The molecule has 0 saturated heterocycles. The molecule has 0 N–H and O–H groups in total. The highest BCUT2D eigenvalue weighted by Gasteiger charge is 2.43. The van der Waals surface area contributed by atoms with E-state index in [2.05, 4.69) is 13.8 Å². The minimum Gasteiger partial charge on any atom is -0.494 e. The number of hydrogen-bond donors (Lipinski definition) is 0. The summed E-state index contributed by atoms with van der Waals surface area (Å²) in [4.78, 5) is 29.1. The molecule has 5 rings (SSSR count). The molecule has 0 fully saturated rings. The number of anilines is 1. The average molecular weight is 516 g/mol.